The molecule has 0 aromatic heterocycles. The van der Waals surface area contributed by atoms with Gasteiger partial charge in [-0.1, -0.05) is 96.4 Å². The molecular weight excluding hydrogens is 416 g/mol. The molecule has 0 aliphatic heterocycles. The van der Waals surface area contributed by atoms with E-state index in [1.54, 1.807) is 0 Å². The predicted octanol–water partition coefficient (Wildman–Crippen LogP) is 8.62. The second-order valence-electron chi connectivity index (χ2n) is 8.67. The van der Waals surface area contributed by atoms with Gasteiger partial charge in [0.05, 0.1) is 6.61 Å². The number of nitrogens with zero attached hydrogens (tertiary/aromatic N) is 1. The lowest BCUT2D eigenvalue weighted by atomic mass is 10.0. The molecule has 2 aromatic carbocycles. The van der Waals surface area contributed by atoms with Crippen LogP contribution in [0.4, 0.5) is 0 Å². The summed E-state index contributed by atoms with van der Waals surface area (Å²) in [5.41, 5.74) is 1.03. The lowest BCUT2D eigenvalue weighted by Crippen LogP contribution is -2.33. The first kappa shape index (κ1) is 28.3. The lowest BCUT2D eigenvalue weighted by molar-refractivity contribution is 0.321. The first-order valence-electron chi connectivity index (χ1n) is 12.7. The molecule has 0 saturated heterocycles. The third-order valence-electron chi connectivity index (χ3n) is 5.98. The highest BCUT2D eigenvalue weighted by molar-refractivity contribution is 6.09. The van der Waals surface area contributed by atoms with E-state index in [0.29, 0.717) is 5.84 Å². The molecule has 2 aromatic rings. The van der Waals surface area contributed by atoms with Crippen molar-refractivity contribution >= 4 is 29.0 Å². The molecule has 4 heteroatoms. The van der Waals surface area contributed by atoms with E-state index in [-0.39, 0.29) is 12.4 Å². The maximum atomic E-state index is 9.10. The maximum Gasteiger partial charge on any atom is 0.128 e. The largest absolute Gasteiger partial charge is 0.493 e. The van der Waals surface area contributed by atoms with Gasteiger partial charge in [-0.2, -0.15) is 0 Å². The summed E-state index contributed by atoms with van der Waals surface area (Å²) in [4.78, 5) is 2.33. The second kappa shape index (κ2) is 16.8. The zero-order valence-corrected chi connectivity index (χ0v) is 21.4. The Labute approximate surface area is 202 Å². The van der Waals surface area contributed by atoms with Gasteiger partial charge in [-0.25, -0.2) is 0 Å². The molecule has 2 rings (SSSR count). The van der Waals surface area contributed by atoms with Gasteiger partial charge >= 0.3 is 0 Å². The van der Waals surface area contributed by atoms with Crippen molar-refractivity contribution in [3.63, 3.8) is 0 Å². The van der Waals surface area contributed by atoms with Crippen molar-refractivity contribution in [1.29, 1.82) is 5.41 Å². The topological polar surface area (TPSA) is 36.3 Å². The SMILES string of the molecule is CCCCCCCN(CCCCCCC)C(=N)c1ccc(OCCC)c2ccccc12.Cl. The van der Waals surface area contributed by atoms with Crippen LogP contribution in [0.15, 0.2) is 36.4 Å². The fourth-order valence-corrected chi connectivity index (χ4v) is 4.13. The van der Waals surface area contributed by atoms with E-state index in [9.17, 15) is 0 Å². The molecule has 3 nitrogen and oxygen atoms in total. The summed E-state index contributed by atoms with van der Waals surface area (Å²) in [6.45, 7) is 9.35. The normalized spacial score (nSPS) is 10.7. The quantitative estimate of drug-likeness (QED) is 0.154. The molecule has 32 heavy (non-hydrogen) atoms. The van der Waals surface area contributed by atoms with Crippen LogP contribution >= 0.6 is 12.4 Å². The molecule has 1 N–H and O–H groups in total. The number of nitrogens with one attached hydrogen (secondary N) is 1. The number of rotatable bonds is 16. The molecule has 0 heterocycles. The van der Waals surface area contributed by atoms with Crippen molar-refractivity contribution in [2.24, 2.45) is 0 Å². The van der Waals surface area contributed by atoms with Gasteiger partial charge in [0.1, 0.15) is 11.6 Å². The van der Waals surface area contributed by atoms with Crippen LogP contribution in [0.5, 0.6) is 5.75 Å². The number of hydrogen-bond donors (Lipinski definition) is 1. The van der Waals surface area contributed by atoms with Crippen LogP contribution in [-0.4, -0.2) is 30.4 Å². The number of fused-ring (bicyclic) bond motifs is 1. The number of ether oxygens (including phenoxy) is 1. The average Bonchev–Trinajstić information content (AvgIpc) is 2.80. The van der Waals surface area contributed by atoms with Crippen LogP contribution in [0.3, 0.4) is 0 Å². The Bertz CT molecular complexity index is 763. The minimum Gasteiger partial charge on any atom is -0.493 e. The molecular formula is C28H45ClN2O. The Morgan fingerprint density at radius 1 is 0.719 bits per heavy atom. The van der Waals surface area contributed by atoms with E-state index in [1.807, 2.05) is 0 Å². The van der Waals surface area contributed by atoms with Crippen molar-refractivity contribution in [2.45, 2.75) is 91.4 Å². The zero-order valence-electron chi connectivity index (χ0n) is 20.6. The van der Waals surface area contributed by atoms with E-state index in [0.717, 1.165) is 48.2 Å². The summed E-state index contributed by atoms with van der Waals surface area (Å²) >= 11 is 0. The van der Waals surface area contributed by atoms with Gasteiger partial charge < -0.3 is 9.64 Å². The molecule has 0 unspecified atom stereocenters. The molecule has 0 amide bonds. The van der Waals surface area contributed by atoms with E-state index in [4.69, 9.17) is 10.1 Å². The maximum absolute atomic E-state index is 9.10. The van der Waals surface area contributed by atoms with Crippen molar-refractivity contribution in [3.05, 3.63) is 42.0 Å². The minimum absolute atomic E-state index is 0. The molecule has 0 fully saturated rings. The van der Waals surface area contributed by atoms with Gasteiger partial charge in [0.2, 0.25) is 0 Å². The third-order valence-corrected chi connectivity index (χ3v) is 5.98. The van der Waals surface area contributed by atoms with Crippen LogP contribution in [0.25, 0.3) is 10.8 Å². The van der Waals surface area contributed by atoms with E-state index >= 15 is 0 Å². The second-order valence-corrected chi connectivity index (χ2v) is 8.67. The van der Waals surface area contributed by atoms with Crippen LogP contribution in [0.2, 0.25) is 0 Å². The number of benzene rings is 2. The molecule has 0 radical (unpaired) electrons. The van der Waals surface area contributed by atoms with E-state index in [1.165, 1.54) is 64.2 Å². The van der Waals surface area contributed by atoms with Crippen LogP contribution in [-0.2, 0) is 0 Å². The Kier molecular flexibility index (Phi) is 14.9. The van der Waals surface area contributed by atoms with Gasteiger partial charge in [0, 0.05) is 24.0 Å². The molecule has 0 spiro atoms. The lowest BCUT2D eigenvalue weighted by Gasteiger charge is -2.26. The molecule has 180 valence electrons. The monoisotopic (exact) mass is 460 g/mol. The van der Waals surface area contributed by atoms with Gasteiger partial charge in [0.15, 0.2) is 0 Å². The van der Waals surface area contributed by atoms with Crippen LogP contribution in [0.1, 0.15) is 97.0 Å². The fourth-order valence-electron chi connectivity index (χ4n) is 4.13. The van der Waals surface area contributed by atoms with Gasteiger partial charge in [0.25, 0.3) is 0 Å². The van der Waals surface area contributed by atoms with E-state index < -0.39 is 0 Å². The van der Waals surface area contributed by atoms with Crippen molar-refractivity contribution in [3.8, 4) is 5.75 Å². The molecule has 0 atom stereocenters. The summed E-state index contributed by atoms with van der Waals surface area (Å²) in [5.74, 6) is 1.60. The Morgan fingerprint density at radius 2 is 1.28 bits per heavy atom. The average molecular weight is 461 g/mol. The Hall–Kier alpha value is -1.74. The molecule has 0 aliphatic carbocycles. The van der Waals surface area contributed by atoms with Gasteiger partial charge in [-0.05, 0) is 36.8 Å². The smallest absolute Gasteiger partial charge is 0.128 e. The summed E-state index contributed by atoms with van der Waals surface area (Å²) in [6, 6.07) is 12.5. The highest BCUT2D eigenvalue weighted by Gasteiger charge is 2.16. The highest BCUT2D eigenvalue weighted by Crippen LogP contribution is 2.29. The van der Waals surface area contributed by atoms with Crippen LogP contribution in [0, 0.1) is 5.41 Å². The zero-order chi connectivity index (χ0) is 22.3. The van der Waals surface area contributed by atoms with Crippen molar-refractivity contribution in [2.75, 3.05) is 19.7 Å². The summed E-state index contributed by atoms with van der Waals surface area (Å²) in [6.07, 6.45) is 13.7. The molecule has 0 aliphatic rings. The number of hydrogen-bond acceptors (Lipinski definition) is 2. The summed E-state index contributed by atoms with van der Waals surface area (Å²) < 4.78 is 5.98. The summed E-state index contributed by atoms with van der Waals surface area (Å²) in [7, 11) is 0. The van der Waals surface area contributed by atoms with Crippen LogP contribution < -0.4 is 4.74 Å². The predicted molar refractivity (Wildman–Crippen MR) is 143 cm³/mol. The Balaban J connectivity index is 0.00000512. The first-order chi connectivity index (χ1) is 15.2. The molecule has 0 saturated carbocycles. The number of halogens is 1. The van der Waals surface area contributed by atoms with Gasteiger partial charge in [-0.3, -0.25) is 5.41 Å². The fraction of sp³-hybridized carbons (Fsp3) is 0.607. The summed E-state index contributed by atoms with van der Waals surface area (Å²) in [5, 5.41) is 11.3. The number of amidine groups is 1. The third kappa shape index (κ3) is 9.02. The number of unbranched alkanes of at least 4 members (excludes halogenated alkanes) is 8. The minimum atomic E-state index is 0. The van der Waals surface area contributed by atoms with Crippen molar-refractivity contribution in [1.82, 2.24) is 4.90 Å². The standard InChI is InChI=1S/C28H44N2O.ClH/c1-4-7-9-11-15-21-30(22-16-12-10-8-5-2)28(29)26-19-20-27(31-23-6-3)25-18-14-13-17-24(25)26;/h13-14,17-20,29H,4-12,15-16,21-23H2,1-3H3;1H. The first-order valence-corrected chi connectivity index (χ1v) is 12.7. The van der Waals surface area contributed by atoms with E-state index in [2.05, 4.69) is 62.1 Å². The van der Waals surface area contributed by atoms with Gasteiger partial charge in [-0.15, -0.1) is 12.4 Å². The highest BCUT2D eigenvalue weighted by atomic mass is 35.5. The van der Waals surface area contributed by atoms with Crippen molar-refractivity contribution < 1.29 is 4.74 Å². The Morgan fingerprint density at radius 3 is 1.84 bits per heavy atom. The molecule has 0 bridgehead atoms.